The van der Waals surface area contributed by atoms with Gasteiger partial charge >= 0.3 is 0 Å². The van der Waals surface area contributed by atoms with Gasteiger partial charge in [-0.3, -0.25) is 0 Å². The van der Waals surface area contributed by atoms with Crippen molar-refractivity contribution in [2.45, 2.75) is 26.4 Å². The van der Waals surface area contributed by atoms with Crippen molar-refractivity contribution in [2.75, 3.05) is 18.5 Å². The molecule has 2 aromatic rings. The third-order valence-electron chi connectivity index (χ3n) is 2.30. The minimum atomic E-state index is 0.285. The van der Waals surface area contributed by atoms with Crippen molar-refractivity contribution in [1.29, 1.82) is 0 Å². The average Bonchev–Trinajstić information content (AvgIpc) is 2.70. The Morgan fingerprint density at radius 3 is 3.00 bits per heavy atom. The Morgan fingerprint density at radius 2 is 2.22 bits per heavy atom. The molecule has 98 valence electrons. The van der Waals surface area contributed by atoms with Crippen molar-refractivity contribution < 1.29 is 4.74 Å². The van der Waals surface area contributed by atoms with Crippen LogP contribution in [0, 0.1) is 0 Å². The van der Waals surface area contributed by atoms with E-state index in [1.165, 1.54) is 0 Å². The molecule has 1 N–H and O–H groups in total. The van der Waals surface area contributed by atoms with Crippen LogP contribution in [0.5, 0.6) is 0 Å². The van der Waals surface area contributed by atoms with Gasteiger partial charge in [0.25, 0.3) is 0 Å². The number of anilines is 1. The van der Waals surface area contributed by atoms with E-state index >= 15 is 0 Å². The standard InChI is InChI=1S/C11H16BrN5O/c1-8(2)18-7-3-6-13-9-4-5-10-14-15-11(12)17(10)16-9/h4-5,8H,3,6-7H2,1-2H3,(H,13,16). The molecule has 0 amide bonds. The molecule has 0 atom stereocenters. The van der Waals surface area contributed by atoms with E-state index < -0.39 is 0 Å². The average molecular weight is 314 g/mol. The van der Waals surface area contributed by atoms with Crippen LogP contribution in [0.3, 0.4) is 0 Å². The van der Waals surface area contributed by atoms with E-state index in [1.807, 2.05) is 26.0 Å². The van der Waals surface area contributed by atoms with Crippen molar-refractivity contribution in [3.8, 4) is 0 Å². The minimum absolute atomic E-state index is 0.285. The fourth-order valence-electron chi connectivity index (χ4n) is 1.46. The zero-order valence-electron chi connectivity index (χ0n) is 10.4. The summed E-state index contributed by atoms with van der Waals surface area (Å²) in [5.74, 6) is 0.799. The van der Waals surface area contributed by atoms with Crippen molar-refractivity contribution in [2.24, 2.45) is 0 Å². The van der Waals surface area contributed by atoms with Crippen LogP contribution in [0.15, 0.2) is 16.9 Å². The van der Waals surface area contributed by atoms with E-state index in [9.17, 15) is 0 Å². The summed E-state index contributed by atoms with van der Waals surface area (Å²) in [6, 6.07) is 3.76. The van der Waals surface area contributed by atoms with Crippen molar-refractivity contribution >= 4 is 27.4 Å². The lowest BCUT2D eigenvalue weighted by Crippen LogP contribution is -2.10. The second kappa shape index (κ2) is 6.10. The number of nitrogens with zero attached hydrogens (tertiary/aromatic N) is 4. The van der Waals surface area contributed by atoms with Crippen LogP contribution >= 0.6 is 15.9 Å². The number of halogens is 1. The van der Waals surface area contributed by atoms with Crippen LogP contribution in [0.2, 0.25) is 0 Å². The molecular weight excluding hydrogens is 298 g/mol. The molecule has 18 heavy (non-hydrogen) atoms. The van der Waals surface area contributed by atoms with Gasteiger partial charge < -0.3 is 10.1 Å². The van der Waals surface area contributed by atoms with Gasteiger partial charge in [0.1, 0.15) is 5.82 Å². The molecule has 0 aliphatic heterocycles. The molecule has 0 saturated carbocycles. The van der Waals surface area contributed by atoms with Gasteiger partial charge in [0, 0.05) is 13.2 Å². The summed E-state index contributed by atoms with van der Waals surface area (Å²) in [6.07, 6.45) is 1.23. The third kappa shape index (κ3) is 3.39. The topological polar surface area (TPSA) is 64.3 Å². The van der Waals surface area contributed by atoms with Gasteiger partial charge in [0.2, 0.25) is 4.73 Å². The molecular formula is C11H16BrN5O. The van der Waals surface area contributed by atoms with Gasteiger partial charge in [0.05, 0.1) is 6.10 Å². The number of rotatable bonds is 6. The molecule has 0 bridgehead atoms. The summed E-state index contributed by atoms with van der Waals surface area (Å²) in [5, 5.41) is 15.4. The zero-order chi connectivity index (χ0) is 13.0. The van der Waals surface area contributed by atoms with E-state index in [2.05, 4.69) is 36.5 Å². The summed E-state index contributed by atoms with van der Waals surface area (Å²) in [6.45, 7) is 5.65. The first-order chi connectivity index (χ1) is 8.66. The van der Waals surface area contributed by atoms with Gasteiger partial charge in [-0.2, -0.15) is 4.52 Å². The first kappa shape index (κ1) is 13.2. The van der Waals surface area contributed by atoms with Crippen LogP contribution in [-0.4, -0.2) is 39.1 Å². The van der Waals surface area contributed by atoms with Gasteiger partial charge in [-0.05, 0) is 48.3 Å². The van der Waals surface area contributed by atoms with Crippen molar-refractivity contribution in [1.82, 2.24) is 19.8 Å². The predicted molar refractivity (Wildman–Crippen MR) is 72.7 cm³/mol. The number of aromatic nitrogens is 4. The van der Waals surface area contributed by atoms with Crippen LogP contribution in [0.1, 0.15) is 20.3 Å². The molecule has 0 aliphatic carbocycles. The van der Waals surface area contributed by atoms with E-state index in [0.29, 0.717) is 4.73 Å². The molecule has 0 fully saturated rings. The third-order valence-corrected chi connectivity index (χ3v) is 2.80. The number of fused-ring (bicyclic) bond motifs is 1. The fourth-order valence-corrected chi connectivity index (χ4v) is 1.80. The van der Waals surface area contributed by atoms with Crippen LogP contribution in [0.4, 0.5) is 5.82 Å². The monoisotopic (exact) mass is 313 g/mol. The summed E-state index contributed by atoms with van der Waals surface area (Å²) in [7, 11) is 0. The maximum atomic E-state index is 5.46. The molecule has 0 radical (unpaired) electrons. The quantitative estimate of drug-likeness (QED) is 0.827. The van der Waals surface area contributed by atoms with Crippen LogP contribution in [-0.2, 0) is 4.74 Å². The summed E-state index contributed by atoms with van der Waals surface area (Å²) in [5.41, 5.74) is 0.718. The Balaban J connectivity index is 1.86. The lowest BCUT2D eigenvalue weighted by molar-refractivity contribution is 0.0787. The first-order valence-electron chi connectivity index (χ1n) is 5.90. The number of hydrogen-bond donors (Lipinski definition) is 1. The molecule has 2 aromatic heterocycles. The molecule has 7 heteroatoms. The van der Waals surface area contributed by atoms with Gasteiger partial charge in [-0.15, -0.1) is 15.3 Å². The SMILES string of the molecule is CC(C)OCCCNc1ccc2nnc(Br)n2n1. The summed E-state index contributed by atoms with van der Waals surface area (Å²) in [4.78, 5) is 0. The summed E-state index contributed by atoms with van der Waals surface area (Å²) >= 11 is 3.29. The molecule has 6 nitrogen and oxygen atoms in total. The Bertz CT molecular complexity index is 513. The van der Waals surface area contributed by atoms with E-state index in [-0.39, 0.29) is 6.10 Å². The highest BCUT2D eigenvalue weighted by Gasteiger charge is 2.03. The van der Waals surface area contributed by atoms with Crippen LogP contribution < -0.4 is 5.32 Å². The Hall–Kier alpha value is -1.21. The lowest BCUT2D eigenvalue weighted by Gasteiger charge is -2.08. The van der Waals surface area contributed by atoms with Gasteiger partial charge in [-0.1, -0.05) is 0 Å². The maximum Gasteiger partial charge on any atom is 0.221 e. The highest BCUT2D eigenvalue weighted by Crippen LogP contribution is 2.10. The van der Waals surface area contributed by atoms with Crippen LogP contribution in [0.25, 0.3) is 5.65 Å². The smallest absolute Gasteiger partial charge is 0.221 e. The minimum Gasteiger partial charge on any atom is -0.379 e. The molecule has 2 rings (SSSR count). The molecule has 0 aromatic carbocycles. The summed E-state index contributed by atoms with van der Waals surface area (Å²) < 4.78 is 7.71. The van der Waals surface area contributed by atoms with E-state index in [1.54, 1.807) is 4.52 Å². The van der Waals surface area contributed by atoms with Gasteiger partial charge in [-0.25, -0.2) is 0 Å². The number of ether oxygens (including phenoxy) is 1. The number of nitrogens with one attached hydrogen (secondary N) is 1. The predicted octanol–water partition coefficient (Wildman–Crippen LogP) is 2.11. The molecule has 2 heterocycles. The Labute approximate surface area is 114 Å². The normalized spacial score (nSPS) is 11.3. The van der Waals surface area contributed by atoms with Gasteiger partial charge in [0.15, 0.2) is 5.65 Å². The van der Waals surface area contributed by atoms with Crippen molar-refractivity contribution in [3.63, 3.8) is 0 Å². The second-order valence-corrected chi connectivity index (χ2v) is 4.87. The molecule has 0 saturated heterocycles. The molecule has 0 unspecified atom stereocenters. The van der Waals surface area contributed by atoms with E-state index in [0.717, 1.165) is 31.0 Å². The highest BCUT2D eigenvalue weighted by molar-refractivity contribution is 9.10. The maximum absolute atomic E-state index is 5.46. The fraction of sp³-hybridized carbons (Fsp3) is 0.545. The largest absolute Gasteiger partial charge is 0.379 e. The first-order valence-corrected chi connectivity index (χ1v) is 6.69. The number of hydrogen-bond acceptors (Lipinski definition) is 5. The van der Waals surface area contributed by atoms with E-state index in [4.69, 9.17) is 4.74 Å². The molecule has 0 aliphatic rings. The van der Waals surface area contributed by atoms with Crippen molar-refractivity contribution in [3.05, 3.63) is 16.9 Å². The Morgan fingerprint density at radius 1 is 1.39 bits per heavy atom. The molecule has 0 spiro atoms. The highest BCUT2D eigenvalue weighted by atomic mass is 79.9. The lowest BCUT2D eigenvalue weighted by atomic mass is 10.4. The Kier molecular flexibility index (Phi) is 4.48. The zero-order valence-corrected chi connectivity index (χ0v) is 12.0. The second-order valence-electron chi connectivity index (χ2n) is 4.16.